The Bertz CT molecular complexity index is 337. The summed E-state index contributed by atoms with van der Waals surface area (Å²) >= 11 is 0. The van der Waals surface area contributed by atoms with E-state index in [0.29, 0.717) is 0 Å². The lowest BCUT2D eigenvalue weighted by atomic mass is 9.84. The summed E-state index contributed by atoms with van der Waals surface area (Å²) < 4.78 is 2.71. The molecule has 1 saturated carbocycles. The van der Waals surface area contributed by atoms with E-state index in [9.17, 15) is 0 Å². The third-order valence-electron chi connectivity index (χ3n) is 4.63. The molecule has 0 aromatic heterocycles. The lowest BCUT2D eigenvalue weighted by molar-refractivity contribution is 0.409. The predicted octanol–water partition coefficient (Wildman–Crippen LogP) is 5.45. The lowest BCUT2D eigenvalue weighted by Gasteiger charge is -2.42. The van der Waals surface area contributed by atoms with Crippen molar-refractivity contribution >= 4 is 10.2 Å². The van der Waals surface area contributed by atoms with Gasteiger partial charge in [-0.05, 0) is 47.3 Å². The first-order valence-electron chi connectivity index (χ1n) is 8.21. The van der Waals surface area contributed by atoms with Gasteiger partial charge in [-0.3, -0.25) is 4.31 Å². The van der Waals surface area contributed by atoms with Crippen LogP contribution in [0.15, 0.2) is 22.5 Å². The van der Waals surface area contributed by atoms with Gasteiger partial charge in [-0.25, -0.2) is 0 Å². The fraction of sp³-hybridized carbons (Fsp3) is 0.765. The Morgan fingerprint density at radius 3 is 2.37 bits per heavy atom. The summed E-state index contributed by atoms with van der Waals surface area (Å²) in [5.41, 5.74) is 1.68. The van der Waals surface area contributed by atoms with Crippen LogP contribution in [0, 0.1) is 5.92 Å². The quantitative estimate of drug-likeness (QED) is 0.626. The molecular formula is C17H31NS. The smallest absolute Gasteiger partial charge is 0.00517 e. The van der Waals surface area contributed by atoms with Gasteiger partial charge in [-0.2, -0.15) is 0 Å². The van der Waals surface area contributed by atoms with Crippen molar-refractivity contribution < 1.29 is 0 Å². The Labute approximate surface area is 121 Å². The van der Waals surface area contributed by atoms with Gasteiger partial charge in [0.2, 0.25) is 0 Å². The molecule has 1 heterocycles. The summed E-state index contributed by atoms with van der Waals surface area (Å²) in [6, 6.07) is 0. The zero-order valence-corrected chi connectivity index (χ0v) is 13.8. The second-order valence-corrected chi connectivity index (χ2v) is 8.93. The average molecular weight is 282 g/mol. The van der Waals surface area contributed by atoms with Crippen LogP contribution in [0.3, 0.4) is 0 Å². The number of rotatable bonds is 6. The molecule has 0 N–H and O–H groups in total. The van der Waals surface area contributed by atoms with Crippen molar-refractivity contribution in [2.45, 2.75) is 59.3 Å². The van der Waals surface area contributed by atoms with E-state index in [1.54, 1.807) is 5.57 Å². The molecule has 2 heteroatoms. The van der Waals surface area contributed by atoms with Crippen LogP contribution in [0.4, 0.5) is 0 Å². The Kier molecular flexibility index (Phi) is 5.58. The highest BCUT2D eigenvalue weighted by Gasteiger charge is 2.30. The van der Waals surface area contributed by atoms with Gasteiger partial charge in [0.25, 0.3) is 0 Å². The summed E-state index contributed by atoms with van der Waals surface area (Å²) in [5.74, 6) is 2.22. The number of nitrogens with zero attached hydrogens (tertiary/aromatic N) is 1. The van der Waals surface area contributed by atoms with Gasteiger partial charge in [0.1, 0.15) is 0 Å². The van der Waals surface area contributed by atoms with Crippen molar-refractivity contribution in [3.63, 3.8) is 0 Å². The highest BCUT2D eigenvalue weighted by Crippen LogP contribution is 2.60. The van der Waals surface area contributed by atoms with E-state index in [2.05, 4.69) is 42.0 Å². The van der Waals surface area contributed by atoms with Gasteiger partial charge >= 0.3 is 0 Å². The van der Waals surface area contributed by atoms with Crippen molar-refractivity contribution in [1.29, 1.82) is 0 Å². The topological polar surface area (TPSA) is 3.24 Å². The summed E-state index contributed by atoms with van der Waals surface area (Å²) in [6.45, 7) is 9.33. The largest absolute Gasteiger partial charge is 0.261 e. The fourth-order valence-corrected chi connectivity index (χ4v) is 7.29. The van der Waals surface area contributed by atoms with Crippen LogP contribution >= 0.6 is 10.2 Å². The maximum absolute atomic E-state index is 2.71. The minimum absolute atomic E-state index is 0.760. The maximum atomic E-state index is 2.71. The predicted molar refractivity (Wildman–Crippen MR) is 89.5 cm³/mol. The maximum Gasteiger partial charge on any atom is 0.00517 e. The van der Waals surface area contributed by atoms with Gasteiger partial charge < -0.3 is 0 Å². The van der Waals surface area contributed by atoms with E-state index in [1.807, 2.05) is 0 Å². The summed E-state index contributed by atoms with van der Waals surface area (Å²) in [6.07, 6.45) is 11.0. The molecule has 0 aromatic carbocycles. The lowest BCUT2D eigenvalue weighted by Crippen LogP contribution is -2.26. The van der Waals surface area contributed by atoms with E-state index in [4.69, 9.17) is 0 Å². The van der Waals surface area contributed by atoms with Crippen LogP contribution in [0.25, 0.3) is 0 Å². The van der Waals surface area contributed by atoms with Crippen molar-refractivity contribution in [2.75, 3.05) is 18.8 Å². The fourth-order valence-electron chi connectivity index (χ4n) is 3.63. The standard InChI is InChI=1S/C17H31NS/c1-4-13-19(18(5-2)6-3)14-12-17(15-19)16-10-8-7-9-11-16/h12,14-16H,4-11,13H2,1-3H3. The first kappa shape index (κ1) is 15.2. The monoisotopic (exact) mass is 281 g/mol. The van der Waals surface area contributed by atoms with E-state index in [-0.39, 0.29) is 0 Å². The molecule has 0 amide bonds. The molecule has 1 aliphatic carbocycles. The van der Waals surface area contributed by atoms with Crippen LogP contribution in [0.5, 0.6) is 0 Å². The third kappa shape index (κ3) is 3.28. The van der Waals surface area contributed by atoms with E-state index in [0.717, 1.165) is 5.92 Å². The molecule has 1 nitrogen and oxygen atoms in total. The highest BCUT2D eigenvalue weighted by molar-refractivity contribution is 8.36. The van der Waals surface area contributed by atoms with Crippen LogP contribution in [-0.2, 0) is 0 Å². The molecule has 1 fully saturated rings. The van der Waals surface area contributed by atoms with E-state index in [1.165, 1.54) is 57.4 Å². The van der Waals surface area contributed by atoms with Crippen molar-refractivity contribution in [2.24, 2.45) is 5.92 Å². The van der Waals surface area contributed by atoms with E-state index < -0.39 is 10.2 Å². The summed E-state index contributed by atoms with van der Waals surface area (Å²) in [7, 11) is -0.760. The van der Waals surface area contributed by atoms with Crippen LogP contribution in [0.1, 0.15) is 59.3 Å². The SMILES string of the molecule is CCCS1(N(CC)CC)C=CC(C2CCCCC2)=C1. The molecule has 1 atom stereocenters. The molecular weight excluding hydrogens is 250 g/mol. The zero-order valence-electron chi connectivity index (χ0n) is 13.0. The van der Waals surface area contributed by atoms with Crippen LogP contribution < -0.4 is 0 Å². The Hall–Kier alpha value is -0.210. The Balaban J connectivity index is 2.17. The van der Waals surface area contributed by atoms with Crippen molar-refractivity contribution in [3.8, 4) is 0 Å². The molecule has 0 spiro atoms. The number of hydrogen-bond acceptors (Lipinski definition) is 1. The molecule has 0 bridgehead atoms. The van der Waals surface area contributed by atoms with Gasteiger partial charge in [-0.1, -0.05) is 46.1 Å². The normalized spacial score (nSPS) is 31.5. The van der Waals surface area contributed by atoms with Gasteiger partial charge in [0, 0.05) is 13.1 Å². The third-order valence-corrected chi connectivity index (χ3v) is 8.46. The Morgan fingerprint density at radius 2 is 1.79 bits per heavy atom. The van der Waals surface area contributed by atoms with E-state index >= 15 is 0 Å². The number of allylic oxidation sites excluding steroid dienone is 2. The van der Waals surface area contributed by atoms with Gasteiger partial charge in [0.05, 0.1) is 0 Å². The molecule has 2 aliphatic rings. The van der Waals surface area contributed by atoms with Crippen molar-refractivity contribution in [3.05, 3.63) is 22.5 Å². The molecule has 0 aromatic rings. The second-order valence-electron chi connectivity index (χ2n) is 5.88. The zero-order chi connectivity index (χ0) is 13.7. The first-order chi connectivity index (χ1) is 9.25. The van der Waals surface area contributed by atoms with Crippen LogP contribution in [-0.4, -0.2) is 23.1 Å². The number of hydrogen-bond donors (Lipinski definition) is 0. The van der Waals surface area contributed by atoms with Crippen molar-refractivity contribution in [1.82, 2.24) is 4.31 Å². The van der Waals surface area contributed by atoms with Gasteiger partial charge in [-0.15, -0.1) is 10.2 Å². The molecule has 1 aliphatic heterocycles. The molecule has 110 valence electrons. The first-order valence-corrected chi connectivity index (χ1v) is 10.1. The van der Waals surface area contributed by atoms with Crippen LogP contribution in [0.2, 0.25) is 0 Å². The molecule has 0 saturated heterocycles. The molecule has 19 heavy (non-hydrogen) atoms. The minimum atomic E-state index is -0.760. The minimum Gasteiger partial charge on any atom is -0.261 e. The molecule has 2 rings (SSSR count). The highest BCUT2D eigenvalue weighted by atomic mass is 32.3. The second kappa shape index (κ2) is 6.99. The molecule has 0 radical (unpaired) electrons. The summed E-state index contributed by atoms with van der Waals surface area (Å²) in [5, 5.41) is 5.27. The Morgan fingerprint density at radius 1 is 1.11 bits per heavy atom. The molecule has 1 unspecified atom stereocenters. The summed E-state index contributed by atoms with van der Waals surface area (Å²) in [4.78, 5) is 0. The average Bonchev–Trinajstić information content (AvgIpc) is 2.87. The van der Waals surface area contributed by atoms with Gasteiger partial charge in [0.15, 0.2) is 0 Å².